The molecular weight excluding hydrogens is 196 g/mol. The number of carboxylic acid groups (broad SMARTS) is 1. The van der Waals surface area contributed by atoms with Crippen molar-refractivity contribution in [2.24, 2.45) is 0 Å². The van der Waals surface area contributed by atoms with Crippen molar-refractivity contribution in [3.05, 3.63) is 11.7 Å². The van der Waals surface area contributed by atoms with Crippen molar-refractivity contribution in [3.63, 3.8) is 0 Å². The molecule has 0 saturated heterocycles. The van der Waals surface area contributed by atoms with Crippen LogP contribution in [0.1, 0.15) is 49.7 Å². The predicted octanol–water partition coefficient (Wildman–Crippen LogP) is 1.74. The third-order valence-electron chi connectivity index (χ3n) is 2.76. The molecule has 0 radical (unpaired) electrons. The van der Waals surface area contributed by atoms with Crippen molar-refractivity contribution in [1.29, 1.82) is 0 Å². The monoisotopic (exact) mass is 210 g/mol. The molecule has 15 heavy (non-hydrogen) atoms. The minimum atomic E-state index is -0.936. The highest BCUT2D eigenvalue weighted by atomic mass is 16.5. The summed E-state index contributed by atoms with van der Waals surface area (Å²) in [7, 11) is 0. The zero-order valence-electron chi connectivity index (χ0n) is 8.48. The molecule has 82 valence electrons. The van der Waals surface area contributed by atoms with Crippen molar-refractivity contribution >= 4 is 5.97 Å². The lowest BCUT2D eigenvalue weighted by atomic mass is 9.89. The second-order valence-electron chi connectivity index (χ2n) is 3.95. The molecule has 1 aromatic heterocycles. The molecule has 0 unspecified atom stereocenters. The molecule has 1 aromatic rings. The Hall–Kier alpha value is -1.39. The largest absolute Gasteiger partial charge is 0.481 e. The number of hydrogen-bond donors (Lipinski definition) is 1. The Bertz CT molecular complexity index is 342. The Balaban J connectivity index is 2.02. The van der Waals surface area contributed by atoms with E-state index in [2.05, 4.69) is 10.1 Å². The van der Waals surface area contributed by atoms with E-state index in [1.807, 2.05) is 0 Å². The molecule has 2 rings (SSSR count). The molecule has 1 fully saturated rings. The van der Waals surface area contributed by atoms with E-state index in [1.165, 1.54) is 19.3 Å². The Morgan fingerprint density at radius 3 is 2.80 bits per heavy atom. The van der Waals surface area contributed by atoms with Crippen LogP contribution in [-0.4, -0.2) is 21.2 Å². The topological polar surface area (TPSA) is 76.2 Å². The average molecular weight is 210 g/mol. The second kappa shape index (κ2) is 4.42. The normalized spacial score (nSPS) is 17.9. The van der Waals surface area contributed by atoms with Gasteiger partial charge in [-0.05, 0) is 12.8 Å². The first-order valence-corrected chi connectivity index (χ1v) is 5.30. The molecule has 0 atom stereocenters. The van der Waals surface area contributed by atoms with Crippen LogP contribution in [0.5, 0.6) is 0 Å². The van der Waals surface area contributed by atoms with E-state index in [4.69, 9.17) is 9.63 Å². The molecule has 1 aliphatic rings. The van der Waals surface area contributed by atoms with E-state index < -0.39 is 5.97 Å². The van der Waals surface area contributed by atoms with E-state index >= 15 is 0 Å². The lowest BCUT2D eigenvalue weighted by Gasteiger charge is -2.17. The van der Waals surface area contributed by atoms with Gasteiger partial charge in [0.15, 0.2) is 5.82 Å². The van der Waals surface area contributed by atoms with Crippen LogP contribution < -0.4 is 0 Å². The van der Waals surface area contributed by atoms with E-state index in [9.17, 15) is 4.79 Å². The van der Waals surface area contributed by atoms with Crippen molar-refractivity contribution in [1.82, 2.24) is 10.1 Å². The quantitative estimate of drug-likeness (QED) is 0.822. The van der Waals surface area contributed by atoms with Crippen LogP contribution in [-0.2, 0) is 11.2 Å². The van der Waals surface area contributed by atoms with Gasteiger partial charge in [0.05, 0.1) is 0 Å². The number of rotatable bonds is 3. The summed E-state index contributed by atoms with van der Waals surface area (Å²) in [6.07, 6.45) is 5.68. The maximum absolute atomic E-state index is 10.4. The average Bonchev–Trinajstić information content (AvgIpc) is 2.67. The van der Waals surface area contributed by atoms with Crippen molar-refractivity contribution in [2.75, 3.05) is 0 Å². The van der Waals surface area contributed by atoms with Crippen LogP contribution in [0.25, 0.3) is 0 Å². The van der Waals surface area contributed by atoms with E-state index in [0.29, 0.717) is 11.7 Å². The van der Waals surface area contributed by atoms with Gasteiger partial charge in [-0.15, -0.1) is 0 Å². The van der Waals surface area contributed by atoms with Gasteiger partial charge in [0, 0.05) is 5.92 Å². The van der Waals surface area contributed by atoms with E-state index in [0.717, 1.165) is 12.8 Å². The first-order chi connectivity index (χ1) is 7.25. The van der Waals surface area contributed by atoms with Gasteiger partial charge < -0.3 is 9.63 Å². The van der Waals surface area contributed by atoms with E-state index in [-0.39, 0.29) is 12.3 Å². The van der Waals surface area contributed by atoms with Gasteiger partial charge in [0.1, 0.15) is 6.42 Å². The number of carbonyl (C=O) groups is 1. The van der Waals surface area contributed by atoms with Crippen LogP contribution in [0.4, 0.5) is 0 Å². The van der Waals surface area contributed by atoms with Gasteiger partial charge in [-0.2, -0.15) is 4.98 Å². The standard InChI is InChI=1S/C10H14N2O3/c13-9(14)6-8-11-10(12-15-8)7-4-2-1-3-5-7/h7H,1-6H2,(H,13,14). The van der Waals surface area contributed by atoms with Crippen LogP contribution >= 0.6 is 0 Å². The first-order valence-electron chi connectivity index (χ1n) is 5.30. The summed E-state index contributed by atoms with van der Waals surface area (Å²) in [5.41, 5.74) is 0. The Kier molecular flexibility index (Phi) is 2.99. The minimum absolute atomic E-state index is 0.181. The number of aliphatic carboxylic acids is 1. The van der Waals surface area contributed by atoms with Gasteiger partial charge in [-0.25, -0.2) is 0 Å². The molecule has 0 aromatic carbocycles. The highest BCUT2D eigenvalue weighted by molar-refractivity contribution is 5.68. The summed E-state index contributed by atoms with van der Waals surface area (Å²) in [5, 5.41) is 12.4. The van der Waals surface area contributed by atoms with Gasteiger partial charge in [0.2, 0.25) is 5.89 Å². The van der Waals surface area contributed by atoms with Crippen LogP contribution in [0, 0.1) is 0 Å². The lowest BCUT2D eigenvalue weighted by Crippen LogP contribution is -2.06. The summed E-state index contributed by atoms with van der Waals surface area (Å²) in [6, 6.07) is 0. The van der Waals surface area contributed by atoms with Gasteiger partial charge in [0.25, 0.3) is 0 Å². The SMILES string of the molecule is O=C(O)Cc1nc(C2CCCCC2)no1. The molecule has 5 nitrogen and oxygen atoms in total. The maximum Gasteiger partial charge on any atom is 0.312 e. The van der Waals surface area contributed by atoms with Crippen LogP contribution in [0.15, 0.2) is 4.52 Å². The third-order valence-corrected chi connectivity index (χ3v) is 2.76. The molecule has 1 saturated carbocycles. The molecule has 1 N–H and O–H groups in total. The number of nitrogens with zero attached hydrogens (tertiary/aromatic N) is 2. The van der Waals surface area contributed by atoms with Crippen LogP contribution in [0.2, 0.25) is 0 Å². The molecule has 0 spiro atoms. The fourth-order valence-corrected chi connectivity index (χ4v) is 2.00. The molecule has 0 bridgehead atoms. The van der Waals surface area contributed by atoms with Crippen LogP contribution in [0.3, 0.4) is 0 Å². The van der Waals surface area contributed by atoms with Gasteiger partial charge >= 0.3 is 5.97 Å². The molecular formula is C10H14N2O3. The smallest absolute Gasteiger partial charge is 0.312 e. The van der Waals surface area contributed by atoms with Crippen molar-refractivity contribution in [2.45, 2.75) is 44.4 Å². The lowest BCUT2D eigenvalue weighted by molar-refractivity contribution is -0.136. The molecule has 1 heterocycles. The zero-order valence-corrected chi connectivity index (χ0v) is 8.48. The first kappa shape index (κ1) is 10.1. The van der Waals surface area contributed by atoms with Gasteiger partial charge in [-0.1, -0.05) is 24.4 Å². The third kappa shape index (κ3) is 2.55. The Morgan fingerprint density at radius 2 is 2.13 bits per heavy atom. The molecule has 1 aliphatic carbocycles. The minimum Gasteiger partial charge on any atom is -0.481 e. The summed E-state index contributed by atoms with van der Waals surface area (Å²) in [5.74, 6) is 0.327. The summed E-state index contributed by atoms with van der Waals surface area (Å²) in [4.78, 5) is 14.5. The molecule has 0 amide bonds. The highest BCUT2D eigenvalue weighted by Crippen LogP contribution is 2.30. The summed E-state index contributed by atoms with van der Waals surface area (Å²) >= 11 is 0. The molecule has 0 aliphatic heterocycles. The van der Waals surface area contributed by atoms with Gasteiger partial charge in [-0.3, -0.25) is 4.79 Å². The number of carboxylic acids is 1. The van der Waals surface area contributed by atoms with Crippen molar-refractivity contribution < 1.29 is 14.4 Å². The number of aromatic nitrogens is 2. The number of hydrogen-bond acceptors (Lipinski definition) is 4. The summed E-state index contributed by atoms with van der Waals surface area (Å²) in [6.45, 7) is 0. The highest BCUT2D eigenvalue weighted by Gasteiger charge is 2.21. The van der Waals surface area contributed by atoms with Crippen molar-refractivity contribution in [3.8, 4) is 0 Å². The Labute approximate surface area is 87.5 Å². The van der Waals surface area contributed by atoms with E-state index in [1.54, 1.807) is 0 Å². The second-order valence-corrected chi connectivity index (χ2v) is 3.95. The summed E-state index contributed by atoms with van der Waals surface area (Å²) < 4.78 is 4.89. The maximum atomic E-state index is 10.4. The predicted molar refractivity (Wildman–Crippen MR) is 51.5 cm³/mol. The zero-order chi connectivity index (χ0) is 10.7. The molecule has 5 heteroatoms. The fraction of sp³-hybridized carbons (Fsp3) is 0.700. The fourth-order valence-electron chi connectivity index (χ4n) is 2.00. The Morgan fingerprint density at radius 1 is 1.40 bits per heavy atom.